The van der Waals surface area contributed by atoms with Gasteiger partial charge in [0.05, 0.1) is 18.7 Å². The summed E-state index contributed by atoms with van der Waals surface area (Å²) in [4.78, 5) is 12.1. The lowest BCUT2D eigenvalue weighted by Crippen LogP contribution is -2.26. The van der Waals surface area contributed by atoms with Crippen molar-refractivity contribution in [3.05, 3.63) is 11.4 Å². The molecule has 23 heavy (non-hydrogen) atoms. The van der Waals surface area contributed by atoms with Gasteiger partial charge in [-0.2, -0.15) is 23.1 Å². The van der Waals surface area contributed by atoms with Crippen LogP contribution in [0.15, 0.2) is 0 Å². The fourth-order valence-electron chi connectivity index (χ4n) is 2.62. The summed E-state index contributed by atoms with van der Waals surface area (Å²) in [5, 5.41) is 7.57. The van der Waals surface area contributed by atoms with Crippen molar-refractivity contribution in [3.8, 4) is 0 Å². The fraction of sp³-hybridized carbons (Fsp3) is 0.769. The Labute approximate surface area is 129 Å². The van der Waals surface area contributed by atoms with Crippen LogP contribution in [0.4, 0.5) is 22.0 Å². The van der Waals surface area contributed by atoms with Crippen LogP contribution in [0.2, 0.25) is 0 Å². The molecule has 1 aliphatic carbocycles. The van der Waals surface area contributed by atoms with E-state index in [4.69, 9.17) is 5.73 Å². The fourth-order valence-corrected chi connectivity index (χ4v) is 2.62. The SMILES string of the molecule is NC(=O)c1nn(CCC(F)(F)F)nc1CC1CCC(F)(F)CC1. The maximum absolute atomic E-state index is 13.1. The molecule has 1 amide bonds. The van der Waals surface area contributed by atoms with Crippen LogP contribution in [-0.4, -0.2) is 33.0 Å². The molecule has 1 aromatic heterocycles. The Bertz CT molecular complexity index is 559. The van der Waals surface area contributed by atoms with E-state index in [0.29, 0.717) is 0 Å². The standard InChI is InChI=1S/C13H17F5N4O/c14-12(15)3-1-8(2-4-12)7-9-10(11(19)23)21-22(20-9)6-5-13(16,17)18/h8H,1-7H2,(H2,19,23). The number of nitrogens with two attached hydrogens (primary N) is 1. The van der Waals surface area contributed by atoms with Crippen molar-refractivity contribution in [1.82, 2.24) is 15.0 Å². The third-order valence-corrected chi connectivity index (χ3v) is 3.87. The molecule has 0 radical (unpaired) electrons. The number of aryl methyl sites for hydroxylation is 1. The minimum absolute atomic E-state index is 0.111. The van der Waals surface area contributed by atoms with Gasteiger partial charge in [0.2, 0.25) is 5.92 Å². The number of aromatic nitrogens is 3. The molecular weight excluding hydrogens is 323 g/mol. The Balaban J connectivity index is 2.05. The molecule has 0 spiro atoms. The van der Waals surface area contributed by atoms with Gasteiger partial charge in [0.15, 0.2) is 5.69 Å². The number of hydrogen-bond acceptors (Lipinski definition) is 3. The monoisotopic (exact) mass is 340 g/mol. The first-order chi connectivity index (χ1) is 10.6. The average molecular weight is 340 g/mol. The number of nitrogens with zero attached hydrogens (tertiary/aromatic N) is 3. The van der Waals surface area contributed by atoms with Crippen LogP contribution in [0, 0.1) is 5.92 Å². The van der Waals surface area contributed by atoms with E-state index < -0.39 is 31.0 Å². The maximum atomic E-state index is 13.1. The van der Waals surface area contributed by atoms with E-state index >= 15 is 0 Å². The Morgan fingerprint density at radius 2 is 1.87 bits per heavy atom. The predicted molar refractivity (Wildman–Crippen MR) is 69.8 cm³/mol. The van der Waals surface area contributed by atoms with Crippen LogP contribution in [0.5, 0.6) is 0 Å². The van der Waals surface area contributed by atoms with Gasteiger partial charge in [-0.3, -0.25) is 4.79 Å². The Hall–Kier alpha value is -1.74. The zero-order valence-electron chi connectivity index (χ0n) is 12.2. The number of carbonyl (C=O) groups is 1. The van der Waals surface area contributed by atoms with E-state index in [1.165, 1.54) is 0 Å². The molecular formula is C13H17F5N4O. The number of carbonyl (C=O) groups excluding carboxylic acids is 1. The quantitative estimate of drug-likeness (QED) is 0.838. The van der Waals surface area contributed by atoms with E-state index in [1.807, 2.05) is 0 Å². The van der Waals surface area contributed by atoms with Gasteiger partial charge in [0, 0.05) is 12.8 Å². The molecule has 1 saturated carbocycles. The molecule has 1 fully saturated rings. The van der Waals surface area contributed by atoms with Gasteiger partial charge in [-0.05, 0) is 25.2 Å². The van der Waals surface area contributed by atoms with Crippen molar-refractivity contribution in [3.63, 3.8) is 0 Å². The third kappa shape index (κ3) is 5.14. The minimum Gasteiger partial charge on any atom is -0.364 e. The molecule has 1 aromatic rings. The summed E-state index contributed by atoms with van der Waals surface area (Å²) >= 11 is 0. The lowest BCUT2D eigenvalue weighted by molar-refractivity contribution is -0.137. The van der Waals surface area contributed by atoms with E-state index in [1.54, 1.807) is 0 Å². The Morgan fingerprint density at radius 1 is 1.26 bits per heavy atom. The maximum Gasteiger partial charge on any atom is 0.390 e. The van der Waals surface area contributed by atoms with Crippen molar-refractivity contribution in [2.24, 2.45) is 11.7 Å². The van der Waals surface area contributed by atoms with E-state index in [0.717, 1.165) is 4.80 Å². The normalized spacial score (nSPS) is 19.0. The highest BCUT2D eigenvalue weighted by Gasteiger charge is 2.35. The first-order valence-corrected chi connectivity index (χ1v) is 7.24. The largest absolute Gasteiger partial charge is 0.390 e. The lowest BCUT2D eigenvalue weighted by Gasteiger charge is -2.27. The summed E-state index contributed by atoms with van der Waals surface area (Å²) in [7, 11) is 0. The van der Waals surface area contributed by atoms with Gasteiger partial charge in [0.25, 0.3) is 5.91 Å². The van der Waals surface area contributed by atoms with Crippen molar-refractivity contribution in [1.29, 1.82) is 0 Å². The van der Waals surface area contributed by atoms with Crippen LogP contribution in [0.1, 0.15) is 48.3 Å². The topological polar surface area (TPSA) is 73.8 Å². The molecule has 1 heterocycles. The van der Waals surface area contributed by atoms with Crippen molar-refractivity contribution in [2.75, 3.05) is 0 Å². The van der Waals surface area contributed by atoms with Crippen molar-refractivity contribution in [2.45, 2.75) is 57.2 Å². The highest BCUT2D eigenvalue weighted by molar-refractivity contribution is 5.91. The van der Waals surface area contributed by atoms with Gasteiger partial charge >= 0.3 is 6.18 Å². The van der Waals surface area contributed by atoms with Gasteiger partial charge in [-0.1, -0.05) is 0 Å². The van der Waals surface area contributed by atoms with Crippen LogP contribution >= 0.6 is 0 Å². The van der Waals surface area contributed by atoms with E-state index in [-0.39, 0.29) is 49.4 Å². The van der Waals surface area contributed by atoms with Crippen LogP contribution < -0.4 is 5.73 Å². The summed E-state index contributed by atoms with van der Waals surface area (Å²) < 4.78 is 62.9. The smallest absolute Gasteiger partial charge is 0.364 e. The number of amides is 1. The van der Waals surface area contributed by atoms with Crippen molar-refractivity contribution < 1.29 is 26.7 Å². The highest BCUT2D eigenvalue weighted by Crippen LogP contribution is 2.37. The second-order valence-electron chi connectivity index (χ2n) is 5.82. The molecule has 0 atom stereocenters. The lowest BCUT2D eigenvalue weighted by atomic mass is 9.84. The Morgan fingerprint density at radius 3 is 2.39 bits per heavy atom. The summed E-state index contributed by atoms with van der Waals surface area (Å²) in [5.41, 5.74) is 5.15. The van der Waals surface area contributed by atoms with Crippen LogP contribution in [0.3, 0.4) is 0 Å². The number of hydrogen-bond donors (Lipinski definition) is 1. The van der Waals surface area contributed by atoms with Crippen LogP contribution in [0.25, 0.3) is 0 Å². The molecule has 2 rings (SSSR count). The van der Waals surface area contributed by atoms with Gasteiger partial charge in [-0.15, -0.1) is 5.10 Å². The van der Waals surface area contributed by atoms with E-state index in [2.05, 4.69) is 10.2 Å². The number of rotatable bonds is 5. The first-order valence-electron chi connectivity index (χ1n) is 7.24. The number of primary amides is 1. The van der Waals surface area contributed by atoms with Crippen LogP contribution in [-0.2, 0) is 13.0 Å². The Kier molecular flexibility index (Phi) is 4.90. The number of halogens is 5. The predicted octanol–water partition coefficient (Wildman–Crippen LogP) is 2.70. The molecule has 0 unspecified atom stereocenters. The summed E-state index contributed by atoms with van der Waals surface area (Å²) in [6, 6.07) is 0. The molecule has 0 aromatic carbocycles. The summed E-state index contributed by atoms with van der Waals surface area (Å²) in [6.45, 7) is -0.521. The van der Waals surface area contributed by atoms with Gasteiger partial charge < -0.3 is 5.73 Å². The zero-order chi connectivity index (χ0) is 17.3. The van der Waals surface area contributed by atoms with Crippen molar-refractivity contribution >= 4 is 5.91 Å². The highest BCUT2D eigenvalue weighted by atomic mass is 19.4. The molecule has 2 N–H and O–H groups in total. The van der Waals surface area contributed by atoms with Gasteiger partial charge in [0.1, 0.15) is 0 Å². The molecule has 130 valence electrons. The molecule has 1 aliphatic rings. The summed E-state index contributed by atoms with van der Waals surface area (Å²) in [6.07, 6.45) is -5.25. The molecule has 0 saturated heterocycles. The zero-order valence-corrected chi connectivity index (χ0v) is 12.2. The van der Waals surface area contributed by atoms with E-state index in [9.17, 15) is 26.7 Å². The second kappa shape index (κ2) is 6.40. The molecule has 5 nitrogen and oxygen atoms in total. The molecule has 0 bridgehead atoms. The second-order valence-corrected chi connectivity index (χ2v) is 5.82. The molecule has 0 aliphatic heterocycles. The minimum atomic E-state index is -4.37. The third-order valence-electron chi connectivity index (χ3n) is 3.87. The molecule has 10 heteroatoms. The summed E-state index contributed by atoms with van der Waals surface area (Å²) in [5.74, 6) is -3.67. The van der Waals surface area contributed by atoms with Gasteiger partial charge in [-0.25, -0.2) is 8.78 Å². The number of alkyl halides is 5. The average Bonchev–Trinajstić information content (AvgIpc) is 2.81. The first kappa shape index (κ1) is 17.6.